The summed E-state index contributed by atoms with van der Waals surface area (Å²) in [6.45, 7) is 49.5. The Morgan fingerprint density at radius 1 is 0.438 bits per heavy atom. The number of hydrogen-bond donors (Lipinski definition) is 0. The summed E-state index contributed by atoms with van der Waals surface area (Å²) in [4.78, 5) is 18.9. The van der Waals surface area contributed by atoms with Crippen molar-refractivity contribution in [2.24, 2.45) is 0 Å². The topological polar surface area (TPSA) is 212 Å². The van der Waals surface area contributed by atoms with Crippen LogP contribution in [-0.2, 0) is 90.4 Å². The van der Waals surface area contributed by atoms with Gasteiger partial charge in [0.25, 0.3) is 0 Å². The van der Waals surface area contributed by atoms with Gasteiger partial charge in [0.15, 0.2) is 0 Å². The van der Waals surface area contributed by atoms with Gasteiger partial charge < -0.3 is 19.1 Å². The van der Waals surface area contributed by atoms with E-state index in [9.17, 15) is 9.59 Å². The van der Waals surface area contributed by atoms with Gasteiger partial charge in [-0.2, -0.15) is 0 Å². The summed E-state index contributed by atoms with van der Waals surface area (Å²) >= 11 is 0. The SMILES string of the molecule is CC(C)(C)O[C-]=O.CC(C)(C)O[C-]=O.[C-]#[O+].[C-]#[O+].[C-]#[O+].[C-]#[O+].[C-]#[O+].[C-]#[O+].[C-]#[O+].[C-]#[O+].[Fe].[Fe]. The zero-order valence-electron chi connectivity index (χ0n) is 17.6. The van der Waals surface area contributed by atoms with Crippen LogP contribution in [0.15, 0.2) is 0 Å². The Bertz CT molecular complexity index is 367. The van der Waals surface area contributed by atoms with E-state index in [0.717, 1.165) is 0 Å². The van der Waals surface area contributed by atoms with E-state index < -0.39 is 0 Å². The molecule has 0 amide bonds. The first-order valence-electron chi connectivity index (χ1n) is 5.86. The Morgan fingerprint density at radius 2 is 0.531 bits per heavy atom. The molecule has 0 spiro atoms. The molecule has 0 saturated carbocycles. The van der Waals surface area contributed by atoms with Crippen LogP contribution >= 0.6 is 0 Å². The van der Waals surface area contributed by atoms with Gasteiger partial charge in [-0.1, -0.05) is 12.9 Å². The van der Waals surface area contributed by atoms with Crippen LogP contribution in [0, 0.1) is 53.2 Å². The molecule has 0 rings (SSSR count). The summed E-state index contributed by atoms with van der Waals surface area (Å²) < 4.78 is 68.8. The molecule has 0 aromatic rings. The summed E-state index contributed by atoms with van der Waals surface area (Å²) in [5.41, 5.74) is -0.747. The molecule has 0 fully saturated rings. The van der Waals surface area contributed by atoms with E-state index in [-0.39, 0.29) is 45.3 Å². The first-order valence-corrected chi connectivity index (χ1v) is 5.86. The van der Waals surface area contributed by atoms with Gasteiger partial charge in [0.2, 0.25) is 0 Å². The quantitative estimate of drug-likeness (QED) is 0.290. The third-order valence-electron chi connectivity index (χ3n) is 0.696. The number of carbonyl (C=O) groups excluding carboxylic acids is 2. The maximum absolute atomic E-state index is 9.47. The maximum atomic E-state index is 9.47. The van der Waals surface area contributed by atoms with E-state index in [0.29, 0.717) is 0 Å². The van der Waals surface area contributed by atoms with Gasteiger partial charge >= 0.3 is 90.4 Å². The second kappa shape index (κ2) is 116. The monoisotopic (exact) mass is 538 g/mol. The van der Waals surface area contributed by atoms with Crippen LogP contribution in [0.2, 0.25) is 0 Å². The molecule has 0 N–H and O–H groups in total. The van der Waals surface area contributed by atoms with Crippen LogP contribution in [0.5, 0.6) is 0 Å². The second-order valence-electron chi connectivity index (χ2n) is 4.60. The zero-order chi connectivity index (χ0) is 27.8. The molecule has 14 heteroatoms. The first-order chi connectivity index (χ1) is 14.1. The first kappa shape index (κ1) is 77.9. The Hall–Kier alpha value is -2.10. The normalized spacial score (nSPS) is 5.19. The number of hydrogen-bond acceptors (Lipinski definition) is 4. The molecule has 32 heavy (non-hydrogen) atoms. The van der Waals surface area contributed by atoms with Crippen molar-refractivity contribution in [2.45, 2.75) is 52.7 Å². The van der Waals surface area contributed by atoms with Crippen molar-refractivity contribution in [1.82, 2.24) is 0 Å². The van der Waals surface area contributed by atoms with Crippen molar-refractivity contribution in [3.8, 4) is 0 Å². The fraction of sp³-hybridized carbons (Fsp3) is 0.444. The van der Waals surface area contributed by atoms with Gasteiger partial charge in [-0.3, -0.25) is 0 Å². The van der Waals surface area contributed by atoms with Gasteiger partial charge in [0, 0.05) is 34.1 Å². The Kier molecular flexibility index (Phi) is 284. The van der Waals surface area contributed by atoms with Gasteiger partial charge in [-0.15, -0.1) is 0 Å². The van der Waals surface area contributed by atoms with Crippen molar-refractivity contribution in [3.63, 3.8) is 0 Å². The second-order valence-corrected chi connectivity index (χ2v) is 4.60. The standard InChI is InChI=1S/2C5H9O2.8CO.2Fe/c2*1-5(2,3)7-4-6;8*1-2;;/h2*1-3H3;;;;;;;;;;/q2*-1;;;;;;;;;;. The number of ether oxygens (including phenoxy) is 2. The van der Waals surface area contributed by atoms with Gasteiger partial charge in [-0.05, 0) is 41.5 Å². The molecule has 0 saturated heterocycles. The maximum Gasteiger partial charge on any atom is 0 e. The van der Waals surface area contributed by atoms with E-state index in [1.54, 1.807) is 41.5 Å². The van der Waals surface area contributed by atoms with Crippen LogP contribution in [-0.4, -0.2) is 24.1 Å². The predicted octanol–water partition coefficient (Wildman–Crippen LogP) is 1.43. The number of rotatable bonds is 2. The van der Waals surface area contributed by atoms with Crippen LogP contribution in [0.25, 0.3) is 0 Å². The molecule has 0 aliphatic rings. The Labute approximate surface area is 209 Å². The fourth-order valence-corrected chi connectivity index (χ4v) is 0.250. The van der Waals surface area contributed by atoms with Crippen LogP contribution < -0.4 is 0 Å². The molecule has 0 unspecified atom stereocenters. The van der Waals surface area contributed by atoms with Crippen LogP contribution in [0.3, 0.4) is 0 Å². The van der Waals surface area contributed by atoms with Crippen molar-refractivity contribution < 1.29 is 90.4 Å². The summed E-state index contributed by atoms with van der Waals surface area (Å²) in [6.07, 6.45) is 0. The van der Waals surface area contributed by atoms with Gasteiger partial charge in [-0.25, -0.2) is 0 Å². The fourth-order valence-electron chi connectivity index (χ4n) is 0.250. The summed E-state index contributed by atoms with van der Waals surface area (Å²) in [5, 5.41) is 0. The molecule has 0 aromatic carbocycles. The smallest absolute Gasteiger partial charge is 0 e. The third-order valence-corrected chi connectivity index (χ3v) is 0.696. The molecule has 0 aromatic heterocycles. The van der Waals surface area contributed by atoms with Crippen LogP contribution in [0.1, 0.15) is 41.5 Å². The Balaban J connectivity index is -0.0000000149. The van der Waals surface area contributed by atoms with Crippen LogP contribution in [0.4, 0.5) is 0 Å². The zero-order valence-corrected chi connectivity index (χ0v) is 19.8. The minimum Gasteiger partial charge on any atom is 0 e. The average molecular weight is 538 g/mol. The molecule has 180 valence electrons. The van der Waals surface area contributed by atoms with Crippen molar-refractivity contribution >= 4 is 12.9 Å². The molecular weight excluding hydrogens is 520 g/mol. The third kappa shape index (κ3) is 580. The Morgan fingerprint density at radius 3 is 0.531 bits per heavy atom. The van der Waals surface area contributed by atoms with Gasteiger partial charge in [0.1, 0.15) is 0 Å². The average Bonchev–Trinajstić information content (AvgIpc) is 2.78. The molecule has 12 nitrogen and oxygen atoms in total. The molecule has 0 aliphatic heterocycles. The minimum absolute atomic E-state index is 0. The van der Waals surface area contributed by atoms with E-state index in [2.05, 4.69) is 62.7 Å². The van der Waals surface area contributed by atoms with E-state index >= 15 is 0 Å². The molecule has 0 radical (unpaired) electrons. The predicted molar refractivity (Wildman–Crippen MR) is 84.5 cm³/mol. The van der Waals surface area contributed by atoms with Crippen molar-refractivity contribution in [1.29, 1.82) is 0 Å². The van der Waals surface area contributed by atoms with E-state index in [1.165, 1.54) is 12.9 Å². The van der Waals surface area contributed by atoms with Gasteiger partial charge in [0.05, 0.1) is 11.2 Å². The summed E-state index contributed by atoms with van der Waals surface area (Å²) in [7, 11) is 0. The molecule has 0 atom stereocenters. The van der Waals surface area contributed by atoms with E-state index in [4.69, 9.17) is 37.2 Å². The van der Waals surface area contributed by atoms with Crippen molar-refractivity contribution in [3.05, 3.63) is 53.2 Å². The summed E-state index contributed by atoms with van der Waals surface area (Å²) in [5.74, 6) is 0. The van der Waals surface area contributed by atoms with E-state index in [1.807, 2.05) is 0 Å². The molecule has 0 aliphatic carbocycles. The largest absolute Gasteiger partial charge is 0 e. The molecule has 0 heterocycles. The molecular formula is C18H18Fe2O12-2. The van der Waals surface area contributed by atoms with Crippen molar-refractivity contribution in [2.75, 3.05) is 0 Å². The minimum atomic E-state index is -0.373. The summed E-state index contributed by atoms with van der Waals surface area (Å²) in [6, 6.07) is 0. The molecule has 0 bridgehead atoms.